The van der Waals surface area contributed by atoms with E-state index in [-0.39, 0.29) is 11.5 Å². The Bertz CT molecular complexity index is 420. The fourth-order valence-corrected chi connectivity index (χ4v) is 1.95. The van der Waals surface area contributed by atoms with Crippen LogP contribution in [0.3, 0.4) is 0 Å². The van der Waals surface area contributed by atoms with Gasteiger partial charge >= 0.3 is 0 Å². The second-order valence-corrected chi connectivity index (χ2v) is 5.89. The summed E-state index contributed by atoms with van der Waals surface area (Å²) in [6.45, 7) is 6.51. The molecule has 1 aliphatic heterocycles. The molecule has 0 bridgehead atoms. The van der Waals surface area contributed by atoms with Crippen LogP contribution >= 0.6 is 0 Å². The maximum absolute atomic E-state index is 10.1. The van der Waals surface area contributed by atoms with E-state index in [0.29, 0.717) is 12.5 Å². The molecule has 1 N–H and O–H groups in total. The molecule has 0 saturated heterocycles. The first kappa shape index (κ1) is 13.1. The average Bonchev–Trinajstić information content (AvgIpc) is 2.76. The molecule has 0 aliphatic carbocycles. The summed E-state index contributed by atoms with van der Waals surface area (Å²) in [7, 11) is 0. The Morgan fingerprint density at radius 2 is 2.00 bits per heavy atom. The highest BCUT2D eigenvalue weighted by Gasteiger charge is 2.32. The number of aliphatic imine (C=N–C) groups is 1. The van der Waals surface area contributed by atoms with Gasteiger partial charge in [0, 0.05) is 0 Å². The molecule has 1 aliphatic rings. The van der Waals surface area contributed by atoms with Crippen molar-refractivity contribution in [3.8, 4) is 0 Å². The number of rotatable bonds is 3. The van der Waals surface area contributed by atoms with Gasteiger partial charge in [0.15, 0.2) is 0 Å². The zero-order valence-electron chi connectivity index (χ0n) is 11.3. The van der Waals surface area contributed by atoms with Gasteiger partial charge in [-0.2, -0.15) is 0 Å². The van der Waals surface area contributed by atoms with Crippen molar-refractivity contribution >= 4 is 5.90 Å². The lowest BCUT2D eigenvalue weighted by Crippen LogP contribution is -2.34. The number of nitrogens with zero attached hydrogens (tertiary/aromatic N) is 1. The molecule has 0 fully saturated rings. The number of hydrogen-bond donors (Lipinski definition) is 1. The van der Waals surface area contributed by atoms with E-state index in [0.717, 1.165) is 6.42 Å². The summed E-state index contributed by atoms with van der Waals surface area (Å²) in [6, 6.07) is 10.4. The molecule has 2 rings (SSSR count). The van der Waals surface area contributed by atoms with E-state index in [9.17, 15) is 5.11 Å². The highest BCUT2D eigenvalue weighted by molar-refractivity contribution is 5.82. The molecule has 0 spiro atoms. The largest absolute Gasteiger partial charge is 0.477 e. The van der Waals surface area contributed by atoms with Gasteiger partial charge in [-0.15, -0.1) is 0 Å². The van der Waals surface area contributed by atoms with Crippen LogP contribution in [-0.2, 0) is 11.2 Å². The summed E-state index contributed by atoms with van der Waals surface area (Å²) in [4.78, 5) is 4.49. The number of aliphatic hydroxyl groups excluding tert-OH is 1. The molecule has 1 aromatic carbocycles. The van der Waals surface area contributed by atoms with Gasteiger partial charge in [0.05, 0.1) is 6.04 Å². The Hall–Kier alpha value is -1.35. The topological polar surface area (TPSA) is 41.8 Å². The number of benzene rings is 1. The van der Waals surface area contributed by atoms with Crippen LogP contribution in [0.4, 0.5) is 0 Å². The highest BCUT2D eigenvalue weighted by Crippen LogP contribution is 2.24. The minimum absolute atomic E-state index is 0.124. The third-order valence-corrected chi connectivity index (χ3v) is 3.10. The maximum atomic E-state index is 10.1. The fourth-order valence-electron chi connectivity index (χ4n) is 1.95. The summed E-state index contributed by atoms with van der Waals surface area (Å²) in [5, 5.41) is 10.1. The molecule has 0 unspecified atom stereocenters. The Labute approximate surface area is 109 Å². The van der Waals surface area contributed by atoms with Gasteiger partial charge in [0.2, 0.25) is 5.90 Å². The van der Waals surface area contributed by atoms with Crippen molar-refractivity contribution in [2.24, 2.45) is 10.4 Å². The smallest absolute Gasteiger partial charge is 0.214 e. The monoisotopic (exact) mass is 247 g/mol. The maximum Gasteiger partial charge on any atom is 0.214 e. The minimum atomic E-state index is -0.627. The molecule has 0 amide bonds. The molecule has 18 heavy (non-hydrogen) atoms. The van der Waals surface area contributed by atoms with Crippen molar-refractivity contribution in [1.82, 2.24) is 0 Å². The first-order valence-corrected chi connectivity index (χ1v) is 6.39. The summed E-state index contributed by atoms with van der Waals surface area (Å²) in [5.74, 6) is 0.489. The summed E-state index contributed by atoms with van der Waals surface area (Å²) in [6.07, 6.45) is 0.236. The number of aliphatic hydroxyl groups is 1. The molecule has 0 aromatic heterocycles. The van der Waals surface area contributed by atoms with Gasteiger partial charge < -0.3 is 9.84 Å². The van der Waals surface area contributed by atoms with E-state index in [1.165, 1.54) is 5.56 Å². The lowest BCUT2D eigenvalue weighted by molar-refractivity contribution is 0.0985. The van der Waals surface area contributed by atoms with Crippen molar-refractivity contribution in [1.29, 1.82) is 0 Å². The van der Waals surface area contributed by atoms with E-state index >= 15 is 0 Å². The van der Waals surface area contributed by atoms with E-state index in [1.807, 2.05) is 39.0 Å². The Morgan fingerprint density at radius 3 is 2.61 bits per heavy atom. The predicted molar refractivity (Wildman–Crippen MR) is 72.8 cm³/mol. The molecule has 3 heteroatoms. The third-order valence-electron chi connectivity index (χ3n) is 3.10. The van der Waals surface area contributed by atoms with Crippen molar-refractivity contribution in [3.05, 3.63) is 35.9 Å². The molecule has 0 radical (unpaired) electrons. The lowest BCUT2D eigenvalue weighted by Gasteiger charge is -2.24. The van der Waals surface area contributed by atoms with E-state index in [2.05, 4.69) is 17.1 Å². The highest BCUT2D eigenvalue weighted by atomic mass is 16.5. The predicted octanol–water partition coefficient (Wildman–Crippen LogP) is 2.43. The standard InChI is InChI=1S/C15H21NO2/c1-15(2,3)13(17)14-16-12(10-18-14)9-11-7-5-4-6-8-11/h4-8,12-13,17H,9-10H2,1-3H3/t12-,13+/m0/s1. The van der Waals surface area contributed by atoms with Crippen LogP contribution in [0.15, 0.2) is 35.3 Å². The molecular formula is C15H21NO2. The summed E-state index contributed by atoms with van der Waals surface area (Å²) >= 11 is 0. The summed E-state index contributed by atoms with van der Waals surface area (Å²) in [5.41, 5.74) is 1.02. The van der Waals surface area contributed by atoms with E-state index in [4.69, 9.17) is 4.74 Å². The van der Waals surface area contributed by atoms with Crippen LogP contribution in [0, 0.1) is 5.41 Å². The molecule has 2 atom stereocenters. The molecule has 1 heterocycles. The molecule has 3 nitrogen and oxygen atoms in total. The van der Waals surface area contributed by atoms with Crippen LogP contribution in [-0.4, -0.2) is 29.8 Å². The van der Waals surface area contributed by atoms with Crippen molar-refractivity contribution in [2.45, 2.75) is 39.3 Å². The average molecular weight is 247 g/mol. The fraction of sp³-hybridized carbons (Fsp3) is 0.533. The van der Waals surface area contributed by atoms with Crippen LogP contribution in [0.5, 0.6) is 0 Å². The Balaban J connectivity index is 2.01. The second-order valence-electron chi connectivity index (χ2n) is 5.89. The molecular weight excluding hydrogens is 226 g/mol. The SMILES string of the molecule is CC(C)(C)[C@H](O)C1=N[C@@H](Cc2ccccc2)CO1. The van der Waals surface area contributed by atoms with Crippen LogP contribution < -0.4 is 0 Å². The van der Waals surface area contributed by atoms with E-state index in [1.54, 1.807) is 0 Å². The van der Waals surface area contributed by atoms with Gasteiger partial charge in [-0.3, -0.25) is 0 Å². The van der Waals surface area contributed by atoms with Crippen LogP contribution in [0.25, 0.3) is 0 Å². The van der Waals surface area contributed by atoms with E-state index < -0.39 is 6.10 Å². The molecule has 0 saturated carbocycles. The van der Waals surface area contributed by atoms with Gasteiger partial charge in [-0.25, -0.2) is 4.99 Å². The first-order valence-electron chi connectivity index (χ1n) is 6.39. The lowest BCUT2D eigenvalue weighted by atomic mass is 9.89. The second kappa shape index (κ2) is 5.11. The number of hydrogen-bond acceptors (Lipinski definition) is 3. The zero-order chi connectivity index (χ0) is 13.2. The third kappa shape index (κ3) is 3.10. The van der Waals surface area contributed by atoms with Crippen LogP contribution in [0.1, 0.15) is 26.3 Å². The normalized spacial score (nSPS) is 21.3. The van der Waals surface area contributed by atoms with Crippen molar-refractivity contribution < 1.29 is 9.84 Å². The molecule has 1 aromatic rings. The van der Waals surface area contributed by atoms with Gasteiger partial charge in [-0.1, -0.05) is 51.1 Å². The van der Waals surface area contributed by atoms with Crippen molar-refractivity contribution in [3.63, 3.8) is 0 Å². The van der Waals surface area contributed by atoms with Crippen molar-refractivity contribution in [2.75, 3.05) is 6.61 Å². The first-order chi connectivity index (χ1) is 8.47. The molecule has 98 valence electrons. The Morgan fingerprint density at radius 1 is 1.33 bits per heavy atom. The Kier molecular flexibility index (Phi) is 3.71. The summed E-state index contributed by atoms with van der Waals surface area (Å²) < 4.78 is 5.53. The zero-order valence-corrected chi connectivity index (χ0v) is 11.3. The van der Waals surface area contributed by atoms with Crippen LogP contribution in [0.2, 0.25) is 0 Å². The van der Waals surface area contributed by atoms with Gasteiger partial charge in [-0.05, 0) is 17.4 Å². The van der Waals surface area contributed by atoms with Gasteiger partial charge in [0.25, 0.3) is 0 Å². The minimum Gasteiger partial charge on any atom is -0.477 e. The number of ether oxygens (including phenoxy) is 1. The quantitative estimate of drug-likeness (QED) is 0.891. The van der Waals surface area contributed by atoms with Gasteiger partial charge in [0.1, 0.15) is 12.7 Å².